The van der Waals surface area contributed by atoms with Crippen molar-refractivity contribution < 1.29 is 9.53 Å². The Morgan fingerprint density at radius 2 is 2.16 bits per heavy atom. The second-order valence-electron chi connectivity index (χ2n) is 6.51. The quantitative estimate of drug-likeness (QED) is 0.409. The van der Waals surface area contributed by atoms with Gasteiger partial charge in [-0.15, -0.1) is 0 Å². The molecule has 0 fully saturated rings. The van der Waals surface area contributed by atoms with Gasteiger partial charge in [-0.1, -0.05) is 18.7 Å². The van der Waals surface area contributed by atoms with Crippen LogP contribution in [0.25, 0.3) is 27.9 Å². The fourth-order valence-electron chi connectivity index (χ4n) is 3.11. The number of aromatic amines is 1. The molecule has 0 atom stereocenters. The van der Waals surface area contributed by atoms with E-state index in [1.165, 1.54) is 6.20 Å². The first-order chi connectivity index (χ1) is 15.1. The number of anilines is 1. The number of urea groups is 1. The van der Waals surface area contributed by atoms with Gasteiger partial charge in [0.25, 0.3) is 0 Å². The Kier molecular flexibility index (Phi) is 7.05. The summed E-state index contributed by atoms with van der Waals surface area (Å²) in [5, 5.41) is 5.40. The lowest BCUT2D eigenvalue weighted by Crippen LogP contribution is -2.28. The largest absolute Gasteiger partial charge is 0.494 e. The Morgan fingerprint density at radius 1 is 1.32 bits per heavy atom. The average molecular weight is 419 g/mol. The highest BCUT2D eigenvalue weighted by Gasteiger charge is 2.15. The summed E-state index contributed by atoms with van der Waals surface area (Å²) in [6.45, 7) is 8.75. The number of carbonyl (C=O) groups is 1. The van der Waals surface area contributed by atoms with E-state index in [0.717, 1.165) is 28.0 Å². The zero-order valence-corrected chi connectivity index (χ0v) is 17.6. The number of amides is 2. The highest BCUT2D eigenvalue weighted by molar-refractivity contribution is 5.98. The summed E-state index contributed by atoms with van der Waals surface area (Å²) < 4.78 is 5.64. The predicted molar refractivity (Wildman–Crippen MR) is 125 cm³/mol. The van der Waals surface area contributed by atoms with Gasteiger partial charge in [-0.3, -0.25) is 10.3 Å². The van der Waals surface area contributed by atoms with Crippen LogP contribution in [0.1, 0.15) is 19.4 Å². The van der Waals surface area contributed by atoms with Crippen LogP contribution in [0.4, 0.5) is 10.7 Å². The number of nitrogens with two attached hydrogens (primary N) is 1. The molecule has 0 bridgehead atoms. The zero-order chi connectivity index (χ0) is 22.2. The summed E-state index contributed by atoms with van der Waals surface area (Å²) in [5.41, 5.74) is 10.2. The van der Waals surface area contributed by atoms with Crippen molar-refractivity contribution in [3.05, 3.63) is 67.0 Å². The molecule has 31 heavy (non-hydrogen) atoms. The van der Waals surface area contributed by atoms with Crippen molar-refractivity contribution in [2.75, 3.05) is 18.5 Å². The number of hydrogen-bond donors (Lipinski definition) is 4. The van der Waals surface area contributed by atoms with E-state index < -0.39 is 0 Å². The van der Waals surface area contributed by atoms with Crippen molar-refractivity contribution in [2.24, 2.45) is 5.73 Å². The van der Waals surface area contributed by atoms with Crippen LogP contribution in [0.2, 0.25) is 0 Å². The molecule has 0 unspecified atom stereocenters. The first-order valence-electron chi connectivity index (χ1n) is 9.98. The molecule has 0 spiro atoms. The molecule has 0 saturated heterocycles. The smallest absolute Gasteiger partial charge is 0.321 e. The van der Waals surface area contributed by atoms with E-state index in [9.17, 15) is 4.79 Å². The van der Waals surface area contributed by atoms with Gasteiger partial charge in [0, 0.05) is 24.4 Å². The Bertz CT molecular complexity index is 1150. The number of benzene rings is 1. The lowest BCUT2D eigenvalue weighted by Gasteiger charge is -2.09. The minimum atomic E-state index is -0.334. The molecule has 160 valence electrons. The van der Waals surface area contributed by atoms with Crippen LogP contribution in [0.15, 0.2) is 61.5 Å². The SMILES string of the molecule is C=C/C(=C\C=C/N)c1cc(-c2cc(OCC)ccn2)c2[nH]c(NC(=O)NCC)nc2c1. The van der Waals surface area contributed by atoms with Crippen LogP contribution in [0.5, 0.6) is 5.75 Å². The van der Waals surface area contributed by atoms with Crippen molar-refractivity contribution in [3.63, 3.8) is 0 Å². The normalized spacial score (nSPS) is 11.6. The summed E-state index contributed by atoms with van der Waals surface area (Å²) in [7, 11) is 0. The van der Waals surface area contributed by atoms with Crippen molar-refractivity contribution in [2.45, 2.75) is 13.8 Å². The van der Waals surface area contributed by atoms with Gasteiger partial charge in [-0.25, -0.2) is 9.78 Å². The molecule has 0 saturated carbocycles. The van der Waals surface area contributed by atoms with E-state index >= 15 is 0 Å². The molecule has 5 N–H and O–H groups in total. The van der Waals surface area contributed by atoms with Crippen molar-refractivity contribution in [3.8, 4) is 17.0 Å². The van der Waals surface area contributed by atoms with E-state index in [4.69, 9.17) is 10.5 Å². The van der Waals surface area contributed by atoms with E-state index in [2.05, 4.69) is 32.2 Å². The van der Waals surface area contributed by atoms with Gasteiger partial charge in [0.15, 0.2) is 0 Å². The van der Waals surface area contributed by atoms with Crippen molar-refractivity contribution >= 4 is 28.6 Å². The van der Waals surface area contributed by atoms with Gasteiger partial charge >= 0.3 is 6.03 Å². The molecule has 2 aromatic heterocycles. The van der Waals surface area contributed by atoms with Crippen molar-refractivity contribution in [1.82, 2.24) is 20.3 Å². The van der Waals surface area contributed by atoms with Crippen LogP contribution in [-0.4, -0.2) is 34.1 Å². The summed E-state index contributed by atoms with van der Waals surface area (Å²) in [6.07, 6.45) is 8.50. The Hall–Kier alpha value is -4.07. The molecule has 2 heterocycles. The first-order valence-corrected chi connectivity index (χ1v) is 9.98. The number of allylic oxidation sites excluding steroid dienone is 4. The fraction of sp³-hybridized carbons (Fsp3) is 0.174. The number of nitrogens with one attached hydrogen (secondary N) is 3. The second kappa shape index (κ2) is 10.1. The summed E-state index contributed by atoms with van der Waals surface area (Å²) in [5.74, 6) is 1.06. The number of ether oxygens (including phenoxy) is 1. The van der Waals surface area contributed by atoms with E-state index in [1.54, 1.807) is 18.3 Å². The van der Waals surface area contributed by atoms with E-state index in [0.29, 0.717) is 30.3 Å². The molecule has 3 rings (SSSR count). The average Bonchev–Trinajstić information content (AvgIpc) is 3.16. The zero-order valence-electron chi connectivity index (χ0n) is 17.6. The number of hydrogen-bond acceptors (Lipinski definition) is 5. The van der Waals surface area contributed by atoms with Crippen LogP contribution >= 0.6 is 0 Å². The maximum atomic E-state index is 11.9. The number of imidazole rings is 1. The van der Waals surface area contributed by atoms with Crippen LogP contribution in [0, 0.1) is 0 Å². The molecule has 8 nitrogen and oxygen atoms in total. The van der Waals surface area contributed by atoms with Crippen LogP contribution < -0.4 is 21.1 Å². The van der Waals surface area contributed by atoms with E-state index in [-0.39, 0.29) is 6.03 Å². The number of rotatable bonds is 8. The van der Waals surface area contributed by atoms with Gasteiger partial charge in [0.1, 0.15) is 5.75 Å². The lowest BCUT2D eigenvalue weighted by atomic mass is 9.99. The molecular weight excluding hydrogens is 392 g/mol. The number of nitrogens with zero attached hydrogens (tertiary/aromatic N) is 2. The minimum absolute atomic E-state index is 0.334. The monoisotopic (exact) mass is 418 g/mol. The van der Waals surface area contributed by atoms with Gasteiger partial charge in [0.2, 0.25) is 5.95 Å². The molecule has 1 aromatic carbocycles. The van der Waals surface area contributed by atoms with Crippen LogP contribution in [0.3, 0.4) is 0 Å². The summed E-state index contributed by atoms with van der Waals surface area (Å²) in [4.78, 5) is 24.2. The minimum Gasteiger partial charge on any atom is -0.494 e. The van der Waals surface area contributed by atoms with Gasteiger partial charge in [-0.2, -0.15) is 0 Å². The maximum absolute atomic E-state index is 11.9. The molecular formula is C23H26N6O2. The van der Waals surface area contributed by atoms with Crippen molar-refractivity contribution in [1.29, 1.82) is 0 Å². The predicted octanol–water partition coefficient (Wildman–Crippen LogP) is 4.21. The number of aromatic nitrogens is 3. The standard InChI is InChI=1S/C23H26N6O2/c1-4-15(8-7-10-24)16-12-18(19-14-17(31-6-3)9-11-26-19)21-20(13-16)27-22(28-21)29-23(30)25-5-2/h4,7-14H,1,5-6,24H2,2-3H3,(H3,25,27,28,29,30)/b10-7-,15-8+. The first kappa shape index (κ1) is 21.6. The molecule has 0 radical (unpaired) electrons. The maximum Gasteiger partial charge on any atom is 0.321 e. The lowest BCUT2D eigenvalue weighted by molar-refractivity contribution is 0.252. The Balaban J connectivity index is 2.18. The Labute approximate surface area is 180 Å². The summed E-state index contributed by atoms with van der Waals surface area (Å²) >= 11 is 0. The number of carbonyl (C=O) groups excluding carboxylic acids is 1. The van der Waals surface area contributed by atoms with Gasteiger partial charge in [-0.05, 0) is 55.5 Å². The molecule has 2 amide bonds. The number of H-pyrrole nitrogens is 1. The number of fused-ring (bicyclic) bond motifs is 1. The molecule has 8 heteroatoms. The third kappa shape index (κ3) is 5.11. The van der Waals surface area contributed by atoms with Gasteiger partial charge < -0.3 is 20.8 Å². The third-order valence-electron chi connectivity index (χ3n) is 4.42. The highest BCUT2D eigenvalue weighted by Crippen LogP contribution is 2.33. The Morgan fingerprint density at radius 3 is 2.87 bits per heavy atom. The van der Waals surface area contributed by atoms with Crippen LogP contribution in [-0.2, 0) is 0 Å². The molecule has 3 aromatic rings. The number of pyridine rings is 1. The fourth-order valence-corrected chi connectivity index (χ4v) is 3.11. The molecule has 0 aliphatic rings. The second-order valence-corrected chi connectivity index (χ2v) is 6.51. The van der Waals surface area contributed by atoms with E-state index in [1.807, 2.05) is 44.2 Å². The summed E-state index contributed by atoms with van der Waals surface area (Å²) in [6, 6.07) is 7.26. The topological polar surface area (TPSA) is 118 Å². The van der Waals surface area contributed by atoms with Gasteiger partial charge in [0.05, 0.1) is 23.3 Å². The molecule has 0 aliphatic carbocycles. The highest BCUT2D eigenvalue weighted by atomic mass is 16.5. The third-order valence-corrected chi connectivity index (χ3v) is 4.42. The molecule has 0 aliphatic heterocycles.